The lowest BCUT2D eigenvalue weighted by molar-refractivity contribution is -0.117. The van der Waals surface area contributed by atoms with Crippen LogP contribution in [0.3, 0.4) is 0 Å². The van der Waals surface area contributed by atoms with Crippen LogP contribution < -0.4 is 15.0 Å². The van der Waals surface area contributed by atoms with Crippen LogP contribution in [0.4, 0.5) is 11.5 Å². The summed E-state index contributed by atoms with van der Waals surface area (Å²) in [5, 5.41) is 3.43. The lowest BCUT2D eigenvalue weighted by atomic mass is 10.2. The summed E-state index contributed by atoms with van der Waals surface area (Å²) in [6.45, 7) is 3.61. The number of hydrogen-bond acceptors (Lipinski definition) is 5. The van der Waals surface area contributed by atoms with E-state index < -0.39 is 0 Å². The van der Waals surface area contributed by atoms with Crippen molar-refractivity contribution in [3.8, 4) is 5.75 Å². The van der Waals surface area contributed by atoms with Gasteiger partial charge in [0, 0.05) is 41.9 Å². The van der Waals surface area contributed by atoms with Gasteiger partial charge >= 0.3 is 0 Å². The predicted octanol–water partition coefficient (Wildman–Crippen LogP) is 3.27. The van der Waals surface area contributed by atoms with Crippen LogP contribution in [-0.2, 0) is 4.79 Å². The molecule has 0 unspecified atom stereocenters. The first-order chi connectivity index (χ1) is 12.5. The molecule has 1 aliphatic heterocycles. The van der Waals surface area contributed by atoms with Crippen LogP contribution in [0, 0.1) is 0 Å². The largest absolute Gasteiger partial charge is 0.495 e. The zero-order valence-corrected chi connectivity index (χ0v) is 16.8. The van der Waals surface area contributed by atoms with Crippen molar-refractivity contribution in [3.63, 3.8) is 0 Å². The maximum atomic E-state index is 12.4. The van der Waals surface area contributed by atoms with Crippen LogP contribution in [0.15, 0.2) is 41.0 Å². The van der Waals surface area contributed by atoms with E-state index in [2.05, 4.69) is 36.0 Å². The Balaban J connectivity index is 1.52. The number of nitrogens with zero attached hydrogens (tertiary/aromatic N) is 3. The Morgan fingerprint density at radius 2 is 2.04 bits per heavy atom. The van der Waals surface area contributed by atoms with Gasteiger partial charge in [-0.25, -0.2) is 4.98 Å². The molecule has 1 N–H and O–H groups in total. The highest BCUT2D eigenvalue weighted by Gasteiger charge is 2.20. The Morgan fingerprint density at radius 3 is 2.69 bits per heavy atom. The summed E-state index contributed by atoms with van der Waals surface area (Å²) in [5.74, 6) is 1.47. The summed E-state index contributed by atoms with van der Waals surface area (Å²) < 4.78 is 6.22. The second-order valence-electron chi connectivity index (χ2n) is 5.99. The van der Waals surface area contributed by atoms with E-state index in [4.69, 9.17) is 16.3 Å². The van der Waals surface area contributed by atoms with Crippen molar-refractivity contribution in [2.75, 3.05) is 50.1 Å². The second-order valence-corrected chi connectivity index (χ2v) is 7.34. The van der Waals surface area contributed by atoms with Crippen molar-refractivity contribution in [1.82, 2.24) is 9.88 Å². The number of methoxy groups -OCH3 is 1. The van der Waals surface area contributed by atoms with Gasteiger partial charge in [-0.05, 0) is 46.3 Å². The number of carbonyl (C=O) groups excluding carboxylic acids is 1. The van der Waals surface area contributed by atoms with Crippen LogP contribution in [0.1, 0.15) is 0 Å². The Kier molecular flexibility index (Phi) is 6.34. The fourth-order valence-electron chi connectivity index (χ4n) is 2.86. The lowest BCUT2D eigenvalue weighted by Gasteiger charge is -2.35. The van der Waals surface area contributed by atoms with Crippen LogP contribution in [0.2, 0.25) is 5.02 Å². The maximum Gasteiger partial charge on any atom is 0.238 e. The Labute approximate surface area is 166 Å². The van der Waals surface area contributed by atoms with E-state index in [0.29, 0.717) is 23.0 Å². The number of rotatable bonds is 5. The van der Waals surface area contributed by atoms with Gasteiger partial charge in [0.2, 0.25) is 5.91 Å². The molecule has 26 heavy (non-hydrogen) atoms. The highest BCUT2D eigenvalue weighted by molar-refractivity contribution is 9.10. The van der Waals surface area contributed by atoms with E-state index in [9.17, 15) is 4.79 Å². The number of pyridine rings is 1. The standard InChI is InChI=1S/C18H20BrClN4O2/c1-26-16-4-3-14(20)10-15(16)22-18(25)12-23-6-8-24(9-7-23)17-5-2-13(19)11-21-17/h2-5,10-11H,6-9,12H2,1H3,(H,22,25). The topological polar surface area (TPSA) is 57.7 Å². The molecule has 138 valence electrons. The first-order valence-electron chi connectivity index (χ1n) is 8.27. The average Bonchev–Trinajstić information content (AvgIpc) is 2.63. The minimum absolute atomic E-state index is 0.0826. The molecule has 0 aliphatic carbocycles. The first kappa shape index (κ1) is 18.9. The summed E-state index contributed by atoms with van der Waals surface area (Å²) >= 11 is 9.40. The molecule has 1 amide bonds. The molecule has 0 radical (unpaired) electrons. The molecular weight excluding hydrogens is 420 g/mol. The lowest BCUT2D eigenvalue weighted by Crippen LogP contribution is -2.48. The monoisotopic (exact) mass is 438 g/mol. The van der Waals surface area contributed by atoms with Crippen molar-refractivity contribution in [1.29, 1.82) is 0 Å². The van der Waals surface area contributed by atoms with Gasteiger partial charge in [-0.1, -0.05) is 11.6 Å². The number of aromatic nitrogens is 1. The highest BCUT2D eigenvalue weighted by atomic mass is 79.9. The molecular formula is C18H20BrClN4O2. The van der Waals surface area contributed by atoms with Gasteiger partial charge < -0.3 is 15.0 Å². The minimum Gasteiger partial charge on any atom is -0.495 e. The number of amides is 1. The van der Waals surface area contributed by atoms with Crippen LogP contribution in [0.5, 0.6) is 5.75 Å². The van der Waals surface area contributed by atoms with Crippen molar-refractivity contribution >= 4 is 44.9 Å². The number of piperazine rings is 1. The Hall–Kier alpha value is -1.83. The van der Waals surface area contributed by atoms with E-state index in [1.807, 2.05) is 12.1 Å². The molecule has 1 aromatic heterocycles. The van der Waals surface area contributed by atoms with Gasteiger partial charge in [-0.15, -0.1) is 0 Å². The van der Waals surface area contributed by atoms with Gasteiger partial charge in [0.25, 0.3) is 0 Å². The summed E-state index contributed by atoms with van der Waals surface area (Å²) in [4.78, 5) is 21.1. The third-order valence-electron chi connectivity index (χ3n) is 4.21. The van der Waals surface area contributed by atoms with Crippen LogP contribution in [-0.4, -0.2) is 55.6 Å². The molecule has 8 heteroatoms. The van der Waals surface area contributed by atoms with Crippen LogP contribution >= 0.6 is 27.5 Å². The van der Waals surface area contributed by atoms with Gasteiger partial charge in [0.1, 0.15) is 11.6 Å². The minimum atomic E-state index is -0.0826. The maximum absolute atomic E-state index is 12.4. The molecule has 2 heterocycles. The molecule has 6 nitrogen and oxygen atoms in total. The fraction of sp³-hybridized carbons (Fsp3) is 0.333. The molecule has 3 rings (SSSR count). The van der Waals surface area contributed by atoms with Crippen LogP contribution in [0.25, 0.3) is 0 Å². The number of carbonyl (C=O) groups is 1. The van der Waals surface area contributed by atoms with Gasteiger partial charge in [0.05, 0.1) is 19.3 Å². The van der Waals surface area contributed by atoms with Gasteiger partial charge in [-0.2, -0.15) is 0 Å². The molecule has 0 spiro atoms. The molecule has 2 aromatic rings. The number of anilines is 2. The van der Waals surface area contributed by atoms with E-state index in [0.717, 1.165) is 36.5 Å². The fourth-order valence-corrected chi connectivity index (χ4v) is 3.27. The smallest absolute Gasteiger partial charge is 0.238 e. The number of nitrogens with one attached hydrogen (secondary N) is 1. The molecule has 1 aliphatic rings. The quantitative estimate of drug-likeness (QED) is 0.775. The van der Waals surface area contributed by atoms with E-state index >= 15 is 0 Å². The zero-order valence-electron chi connectivity index (χ0n) is 14.4. The van der Waals surface area contributed by atoms with Crippen molar-refractivity contribution in [2.45, 2.75) is 0 Å². The third kappa shape index (κ3) is 4.87. The normalized spacial score (nSPS) is 15.0. The molecule has 1 aromatic carbocycles. The zero-order chi connectivity index (χ0) is 18.5. The molecule has 1 fully saturated rings. The first-order valence-corrected chi connectivity index (χ1v) is 9.44. The number of ether oxygens (including phenoxy) is 1. The summed E-state index contributed by atoms with van der Waals surface area (Å²) in [7, 11) is 1.56. The predicted molar refractivity (Wildman–Crippen MR) is 107 cm³/mol. The summed E-state index contributed by atoms with van der Waals surface area (Å²) in [6.07, 6.45) is 1.80. The second kappa shape index (κ2) is 8.70. The van der Waals surface area contributed by atoms with E-state index in [1.54, 1.807) is 31.5 Å². The Morgan fingerprint density at radius 1 is 1.27 bits per heavy atom. The summed E-state index contributed by atoms with van der Waals surface area (Å²) in [5.41, 5.74) is 0.586. The third-order valence-corrected chi connectivity index (χ3v) is 4.92. The highest BCUT2D eigenvalue weighted by Crippen LogP contribution is 2.27. The van der Waals surface area contributed by atoms with E-state index in [-0.39, 0.29) is 5.91 Å². The summed E-state index contributed by atoms with van der Waals surface area (Å²) in [6, 6.07) is 9.14. The van der Waals surface area contributed by atoms with Crippen molar-refractivity contribution in [3.05, 3.63) is 46.0 Å². The Bertz CT molecular complexity index is 764. The number of benzene rings is 1. The molecule has 0 atom stereocenters. The van der Waals surface area contributed by atoms with Gasteiger partial charge in [-0.3, -0.25) is 9.69 Å². The molecule has 0 bridgehead atoms. The molecule has 0 saturated carbocycles. The average molecular weight is 440 g/mol. The molecule has 1 saturated heterocycles. The SMILES string of the molecule is COc1ccc(Cl)cc1NC(=O)CN1CCN(c2ccc(Br)cn2)CC1. The van der Waals surface area contributed by atoms with Gasteiger partial charge in [0.15, 0.2) is 0 Å². The number of hydrogen-bond donors (Lipinski definition) is 1. The van der Waals surface area contributed by atoms with E-state index in [1.165, 1.54) is 0 Å². The number of halogens is 2. The van der Waals surface area contributed by atoms with Crippen molar-refractivity contribution in [2.24, 2.45) is 0 Å². The van der Waals surface area contributed by atoms with Crippen molar-refractivity contribution < 1.29 is 9.53 Å².